The fourth-order valence-corrected chi connectivity index (χ4v) is 4.31. The van der Waals surface area contributed by atoms with Gasteiger partial charge >= 0.3 is 0 Å². The molecule has 1 heterocycles. The molecule has 4 heteroatoms. The number of para-hydroxylation sites is 1. The van der Waals surface area contributed by atoms with Crippen molar-refractivity contribution in [3.63, 3.8) is 0 Å². The van der Waals surface area contributed by atoms with Gasteiger partial charge in [0.2, 0.25) is 0 Å². The molecule has 2 aromatic carbocycles. The first-order valence-electron chi connectivity index (χ1n) is 8.34. The normalized spacial score (nSPS) is 25.5. The highest BCUT2D eigenvalue weighted by atomic mass is 35.5. The summed E-state index contributed by atoms with van der Waals surface area (Å²) in [7, 11) is 0. The quantitative estimate of drug-likeness (QED) is 0.813. The number of halogens is 1. The monoisotopic (exact) mass is 338 g/mol. The van der Waals surface area contributed by atoms with Gasteiger partial charge in [-0.15, -0.1) is 0 Å². The van der Waals surface area contributed by atoms with Crippen LogP contribution in [-0.2, 0) is 4.79 Å². The highest BCUT2D eigenvalue weighted by Crippen LogP contribution is 2.49. The van der Waals surface area contributed by atoms with E-state index in [0.717, 1.165) is 36.2 Å². The first-order chi connectivity index (χ1) is 11.6. The number of rotatable bonds is 3. The van der Waals surface area contributed by atoms with Crippen molar-refractivity contribution in [3.8, 4) is 0 Å². The second-order valence-corrected chi connectivity index (χ2v) is 7.00. The molecule has 122 valence electrons. The van der Waals surface area contributed by atoms with Crippen molar-refractivity contribution in [2.24, 2.45) is 11.0 Å². The van der Waals surface area contributed by atoms with Gasteiger partial charge in [-0.05, 0) is 56.0 Å². The molecule has 0 N–H and O–H groups in total. The highest BCUT2D eigenvalue weighted by molar-refractivity contribution is 6.30. The number of hydrazone groups is 1. The second-order valence-electron chi connectivity index (χ2n) is 6.56. The standard InChI is InChI=1S/C20H19ClN2O/c1-14(24)20-13-5-8-18(20)19(15-9-11-16(21)12-10-15)22-23(20)17-6-3-2-4-7-17/h2-4,6-7,9-12,18H,5,8,13H2,1H3/t18-,20+/m0/s1. The molecule has 1 saturated carbocycles. The Hall–Kier alpha value is -2.13. The number of ketones is 1. The maximum atomic E-state index is 12.7. The number of hydrogen-bond acceptors (Lipinski definition) is 3. The Bertz CT molecular complexity index is 800. The predicted octanol–water partition coefficient (Wildman–Crippen LogP) is 4.69. The number of fused-ring (bicyclic) bond motifs is 1. The lowest BCUT2D eigenvalue weighted by atomic mass is 9.79. The molecule has 2 aromatic rings. The maximum Gasteiger partial charge on any atom is 0.158 e. The fourth-order valence-electron chi connectivity index (χ4n) is 4.18. The molecular weight excluding hydrogens is 320 g/mol. The molecule has 3 nitrogen and oxygen atoms in total. The average molecular weight is 339 g/mol. The summed E-state index contributed by atoms with van der Waals surface area (Å²) < 4.78 is 0. The molecule has 0 aromatic heterocycles. The molecule has 1 fully saturated rings. The van der Waals surface area contributed by atoms with Gasteiger partial charge in [0.15, 0.2) is 5.78 Å². The summed E-state index contributed by atoms with van der Waals surface area (Å²) in [6, 6.07) is 17.8. The van der Waals surface area contributed by atoms with Gasteiger partial charge in [0.1, 0.15) is 5.54 Å². The zero-order chi connectivity index (χ0) is 16.7. The van der Waals surface area contributed by atoms with E-state index >= 15 is 0 Å². The molecule has 24 heavy (non-hydrogen) atoms. The van der Waals surface area contributed by atoms with Gasteiger partial charge in [-0.3, -0.25) is 9.80 Å². The van der Waals surface area contributed by atoms with E-state index in [1.807, 2.05) is 59.6 Å². The van der Waals surface area contributed by atoms with Crippen LogP contribution < -0.4 is 5.01 Å². The van der Waals surface area contributed by atoms with Crippen LogP contribution in [0.4, 0.5) is 5.69 Å². The molecule has 0 saturated heterocycles. The van der Waals surface area contributed by atoms with E-state index in [1.165, 1.54) is 0 Å². The summed E-state index contributed by atoms with van der Waals surface area (Å²) in [5, 5.41) is 7.60. The molecule has 0 spiro atoms. The number of Topliss-reactive ketones (excluding diaryl/α,β-unsaturated/α-hetero) is 1. The first-order valence-corrected chi connectivity index (χ1v) is 8.71. The molecule has 1 aliphatic heterocycles. The SMILES string of the molecule is CC(=O)[C@]12CCC[C@H]1C(c1ccc(Cl)cc1)=NN2c1ccccc1. The summed E-state index contributed by atoms with van der Waals surface area (Å²) >= 11 is 6.03. The number of benzene rings is 2. The molecule has 4 rings (SSSR count). The lowest BCUT2D eigenvalue weighted by Crippen LogP contribution is -2.51. The Balaban J connectivity index is 1.86. The minimum absolute atomic E-state index is 0.136. The minimum atomic E-state index is -0.545. The third-order valence-electron chi connectivity index (χ3n) is 5.29. The second kappa shape index (κ2) is 5.75. The number of nitrogens with zero attached hydrogens (tertiary/aromatic N) is 2. The summed E-state index contributed by atoms with van der Waals surface area (Å²) in [5.74, 6) is 0.331. The van der Waals surface area contributed by atoms with Crippen LogP contribution in [0.25, 0.3) is 0 Å². The van der Waals surface area contributed by atoms with Crippen LogP contribution in [0.1, 0.15) is 31.7 Å². The van der Waals surface area contributed by atoms with Gasteiger partial charge in [0.25, 0.3) is 0 Å². The lowest BCUT2D eigenvalue weighted by Gasteiger charge is -2.35. The van der Waals surface area contributed by atoms with Crippen LogP contribution in [-0.4, -0.2) is 17.0 Å². The van der Waals surface area contributed by atoms with E-state index < -0.39 is 5.54 Å². The van der Waals surface area contributed by atoms with E-state index in [0.29, 0.717) is 5.02 Å². The first kappa shape index (κ1) is 15.4. The highest BCUT2D eigenvalue weighted by Gasteiger charge is 2.57. The zero-order valence-corrected chi connectivity index (χ0v) is 14.3. The molecule has 1 aliphatic carbocycles. The zero-order valence-electron chi connectivity index (χ0n) is 13.6. The summed E-state index contributed by atoms with van der Waals surface area (Å²) in [4.78, 5) is 12.7. The van der Waals surface area contributed by atoms with Crippen molar-refractivity contribution in [3.05, 3.63) is 65.2 Å². The van der Waals surface area contributed by atoms with Crippen molar-refractivity contribution in [2.75, 3.05) is 5.01 Å². The van der Waals surface area contributed by atoms with E-state index in [4.69, 9.17) is 16.7 Å². The third kappa shape index (κ3) is 2.19. The van der Waals surface area contributed by atoms with Crippen molar-refractivity contribution >= 4 is 28.8 Å². The largest absolute Gasteiger partial charge is 0.297 e. The number of carbonyl (C=O) groups is 1. The summed E-state index contributed by atoms with van der Waals surface area (Å²) in [6.07, 6.45) is 2.88. The number of carbonyl (C=O) groups excluding carboxylic acids is 1. The van der Waals surface area contributed by atoms with Crippen LogP contribution in [0.15, 0.2) is 59.7 Å². The molecule has 0 unspecified atom stereocenters. The van der Waals surface area contributed by atoms with Gasteiger partial charge in [0.05, 0.1) is 11.4 Å². The van der Waals surface area contributed by atoms with E-state index in [-0.39, 0.29) is 11.7 Å². The topological polar surface area (TPSA) is 32.7 Å². The molecule has 0 amide bonds. The maximum absolute atomic E-state index is 12.7. The molecular formula is C20H19ClN2O. The van der Waals surface area contributed by atoms with Crippen molar-refractivity contribution in [1.29, 1.82) is 0 Å². The van der Waals surface area contributed by atoms with Crippen LogP contribution in [0.5, 0.6) is 0 Å². The van der Waals surface area contributed by atoms with Crippen molar-refractivity contribution in [1.82, 2.24) is 0 Å². The van der Waals surface area contributed by atoms with E-state index in [9.17, 15) is 4.79 Å². The fraction of sp³-hybridized carbons (Fsp3) is 0.300. The average Bonchev–Trinajstić information content (AvgIpc) is 3.15. The Labute approximate surface area is 146 Å². The third-order valence-corrected chi connectivity index (χ3v) is 5.55. The molecule has 2 aliphatic rings. The minimum Gasteiger partial charge on any atom is -0.297 e. The van der Waals surface area contributed by atoms with Crippen LogP contribution in [0, 0.1) is 5.92 Å². The van der Waals surface area contributed by atoms with Gasteiger partial charge in [0, 0.05) is 10.9 Å². The van der Waals surface area contributed by atoms with Gasteiger partial charge in [-0.25, -0.2) is 0 Å². The number of anilines is 1. The Morgan fingerprint density at radius 3 is 2.54 bits per heavy atom. The van der Waals surface area contributed by atoms with Crippen molar-refractivity contribution in [2.45, 2.75) is 31.7 Å². The van der Waals surface area contributed by atoms with Crippen molar-refractivity contribution < 1.29 is 4.79 Å². The molecule has 0 radical (unpaired) electrons. The Kier molecular flexibility index (Phi) is 3.69. The van der Waals surface area contributed by atoms with E-state index in [2.05, 4.69) is 0 Å². The van der Waals surface area contributed by atoms with Crippen LogP contribution >= 0.6 is 11.6 Å². The summed E-state index contributed by atoms with van der Waals surface area (Å²) in [6.45, 7) is 1.70. The molecule has 0 bridgehead atoms. The van der Waals surface area contributed by atoms with Crippen LogP contribution in [0.3, 0.4) is 0 Å². The predicted molar refractivity (Wildman–Crippen MR) is 97.7 cm³/mol. The Morgan fingerprint density at radius 2 is 1.88 bits per heavy atom. The lowest BCUT2D eigenvalue weighted by molar-refractivity contribution is -0.122. The van der Waals surface area contributed by atoms with Gasteiger partial charge in [-0.2, -0.15) is 5.10 Å². The van der Waals surface area contributed by atoms with Crippen LogP contribution in [0.2, 0.25) is 5.02 Å². The van der Waals surface area contributed by atoms with Gasteiger partial charge < -0.3 is 0 Å². The summed E-state index contributed by atoms with van der Waals surface area (Å²) in [5.41, 5.74) is 2.48. The smallest absolute Gasteiger partial charge is 0.158 e. The van der Waals surface area contributed by atoms with E-state index in [1.54, 1.807) is 6.92 Å². The van der Waals surface area contributed by atoms with Gasteiger partial charge in [-0.1, -0.05) is 41.9 Å². The Morgan fingerprint density at radius 1 is 1.17 bits per heavy atom. The number of hydrogen-bond donors (Lipinski definition) is 0. The molecule has 2 atom stereocenters.